The van der Waals surface area contributed by atoms with E-state index in [1.807, 2.05) is 30.5 Å². The summed E-state index contributed by atoms with van der Waals surface area (Å²) in [5.74, 6) is 0.946. The van der Waals surface area contributed by atoms with Gasteiger partial charge < -0.3 is 14.8 Å². The molecule has 124 valence electrons. The van der Waals surface area contributed by atoms with Crippen LogP contribution in [0.25, 0.3) is 9.88 Å². The standard InChI is InChI=1S/C17H16N2O3S2/c1-10-7-13(21-2)14(22-3)8-11(10)18-16(20)12-9-24-17(19-12)15-5-4-6-23-15/h4-9H,1-3H3,(H,18,20). The number of ether oxygens (including phenoxy) is 2. The van der Waals surface area contributed by atoms with Gasteiger partial charge in [0.1, 0.15) is 10.7 Å². The molecule has 1 N–H and O–H groups in total. The number of aryl methyl sites for hydroxylation is 1. The summed E-state index contributed by atoms with van der Waals surface area (Å²) >= 11 is 3.06. The number of carbonyl (C=O) groups is 1. The number of carbonyl (C=O) groups excluding carboxylic acids is 1. The number of benzene rings is 1. The minimum absolute atomic E-state index is 0.246. The lowest BCUT2D eigenvalue weighted by Gasteiger charge is -2.13. The molecule has 0 unspecified atom stereocenters. The molecule has 0 fully saturated rings. The minimum Gasteiger partial charge on any atom is -0.493 e. The first-order valence-electron chi connectivity index (χ1n) is 7.15. The molecule has 0 saturated carbocycles. The Labute approximate surface area is 147 Å². The fourth-order valence-corrected chi connectivity index (χ4v) is 3.81. The SMILES string of the molecule is COc1cc(C)c(NC(=O)c2csc(-c3cccs3)n2)cc1OC. The molecule has 0 spiro atoms. The zero-order chi connectivity index (χ0) is 17.1. The maximum Gasteiger partial charge on any atom is 0.275 e. The van der Waals surface area contributed by atoms with Gasteiger partial charge in [-0.2, -0.15) is 0 Å². The third-order valence-corrected chi connectivity index (χ3v) is 5.33. The Kier molecular flexibility index (Phi) is 4.82. The van der Waals surface area contributed by atoms with Crippen molar-refractivity contribution in [3.8, 4) is 21.4 Å². The number of anilines is 1. The third kappa shape index (κ3) is 3.27. The molecule has 24 heavy (non-hydrogen) atoms. The number of hydrogen-bond acceptors (Lipinski definition) is 6. The lowest BCUT2D eigenvalue weighted by molar-refractivity contribution is 0.102. The van der Waals surface area contributed by atoms with Crippen LogP contribution in [0.2, 0.25) is 0 Å². The molecule has 0 aliphatic heterocycles. The quantitative estimate of drug-likeness (QED) is 0.730. The van der Waals surface area contributed by atoms with Crippen molar-refractivity contribution in [3.63, 3.8) is 0 Å². The van der Waals surface area contributed by atoms with Crippen molar-refractivity contribution in [3.05, 3.63) is 46.3 Å². The van der Waals surface area contributed by atoms with E-state index in [-0.39, 0.29) is 5.91 Å². The highest BCUT2D eigenvalue weighted by Gasteiger charge is 2.15. The average molecular weight is 360 g/mol. The molecule has 2 aromatic heterocycles. The Balaban J connectivity index is 1.82. The molecular formula is C17H16N2O3S2. The van der Waals surface area contributed by atoms with Crippen LogP contribution in [0.15, 0.2) is 35.0 Å². The molecule has 1 aromatic carbocycles. The predicted octanol–water partition coefficient (Wildman–Crippen LogP) is 4.45. The van der Waals surface area contributed by atoms with Gasteiger partial charge in [-0.05, 0) is 30.0 Å². The van der Waals surface area contributed by atoms with Crippen molar-refractivity contribution in [1.82, 2.24) is 4.98 Å². The molecule has 7 heteroatoms. The van der Waals surface area contributed by atoms with Crippen LogP contribution in [0.4, 0.5) is 5.69 Å². The number of rotatable bonds is 5. The summed E-state index contributed by atoms with van der Waals surface area (Å²) in [4.78, 5) is 17.9. The summed E-state index contributed by atoms with van der Waals surface area (Å²) in [6, 6.07) is 7.53. The van der Waals surface area contributed by atoms with Gasteiger partial charge in [-0.3, -0.25) is 4.79 Å². The Morgan fingerprint density at radius 1 is 1.17 bits per heavy atom. The first kappa shape index (κ1) is 16.5. The second-order valence-corrected chi connectivity index (χ2v) is 6.80. The highest BCUT2D eigenvalue weighted by Crippen LogP contribution is 2.33. The van der Waals surface area contributed by atoms with E-state index in [1.165, 1.54) is 11.3 Å². The maximum atomic E-state index is 12.5. The van der Waals surface area contributed by atoms with Crippen molar-refractivity contribution in [1.29, 1.82) is 0 Å². The van der Waals surface area contributed by atoms with Crippen LogP contribution in [0, 0.1) is 6.92 Å². The predicted molar refractivity (Wildman–Crippen MR) is 97.7 cm³/mol. The van der Waals surface area contributed by atoms with E-state index in [9.17, 15) is 4.79 Å². The van der Waals surface area contributed by atoms with Crippen LogP contribution in [-0.2, 0) is 0 Å². The second kappa shape index (κ2) is 7.02. The van der Waals surface area contributed by atoms with Crippen molar-refractivity contribution in [2.75, 3.05) is 19.5 Å². The van der Waals surface area contributed by atoms with Gasteiger partial charge in [-0.25, -0.2) is 4.98 Å². The largest absolute Gasteiger partial charge is 0.493 e. The summed E-state index contributed by atoms with van der Waals surface area (Å²) in [6.07, 6.45) is 0. The molecule has 2 heterocycles. The Bertz CT molecular complexity index is 857. The van der Waals surface area contributed by atoms with E-state index < -0.39 is 0 Å². The summed E-state index contributed by atoms with van der Waals surface area (Å²) in [5, 5.41) is 7.48. The molecule has 0 bridgehead atoms. The molecule has 0 aliphatic rings. The number of thiophene rings is 1. The number of methoxy groups -OCH3 is 2. The van der Waals surface area contributed by atoms with Crippen molar-refractivity contribution in [2.45, 2.75) is 6.92 Å². The van der Waals surface area contributed by atoms with Crippen LogP contribution in [0.1, 0.15) is 16.1 Å². The fraction of sp³-hybridized carbons (Fsp3) is 0.176. The van der Waals surface area contributed by atoms with Crippen molar-refractivity contribution >= 4 is 34.3 Å². The molecule has 0 radical (unpaired) electrons. The van der Waals surface area contributed by atoms with E-state index in [4.69, 9.17) is 9.47 Å². The number of hydrogen-bond donors (Lipinski definition) is 1. The van der Waals surface area contributed by atoms with Gasteiger partial charge in [0.15, 0.2) is 11.5 Å². The van der Waals surface area contributed by atoms with E-state index >= 15 is 0 Å². The van der Waals surface area contributed by atoms with Crippen molar-refractivity contribution < 1.29 is 14.3 Å². The van der Waals surface area contributed by atoms with Crippen LogP contribution < -0.4 is 14.8 Å². The van der Waals surface area contributed by atoms with Gasteiger partial charge in [-0.1, -0.05) is 6.07 Å². The van der Waals surface area contributed by atoms with Crippen LogP contribution in [0.3, 0.4) is 0 Å². The number of nitrogens with zero attached hydrogens (tertiary/aromatic N) is 1. The van der Waals surface area contributed by atoms with Gasteiger partial charge >= 0.3 is 0 Å². The Hall–Kier alpha value is -2.38. The maximum absolute atomic E-state index is 12.5. The average Bonchev–Trinajstić information content (AvgIpc) is 3.27. The smallest absolute Gasteiger partial charge is 0.275 e. The summed E-state index contributed by atoms with van der Waals surface area (Å²) in [5.41, 5.74) is 1.95. The molecule has 0 saturated heterocycles. The summed E-state index contributed by atoms with van der Waals surface area (Å²) in [7, 11) is 3.14. The Morgan fingerprint density at radius 3 is 2.58 bits per heavy atom. The highest BCUT2D eigenvalue weighted by molar-refractivity contribution is 7.20. The molecule has 1 amide bonds. The topological polar surface area (TPSA) is 60.5 Å². The first-order chi connectivity index (χ1) is 11.6. The molecular weight excluding hydrogens is 344 g/mol. The zero-order valence-corrected chi connectivity index (χ0v) is 15.1. The van der Waals surface area contributed by atoms with Gasteiger partial charge in [0.2, 0.25) is 0 Å². The molecule has 3 rings (SSSR count). The Morgan fingerprint density at radius 2 is 1.92 bits per heavy atom. The van der Waals surface area contributed by atoms with Gasteiger partial charge in [0, 0.05) is 17.1 Å². The number of amides is 1. The number of nitrogens with one attached hydrogen (secondary N) is 1. The molecule has 5 nitrogen and oxygen atoms in total. The minimum atomic E-state index is -0.246. The normalized spacial score (nSPS) is 10.5. The monoisotopic (exact) mass is 360 g/mol. The lowest BCUT2D eigenvalue weighted by atomic mass is 10.1. The van der Waals surface area contributed by atoms with E-state index in [0.717, 1.165) is 15.4 Å². The van der Waals surface area contributed by atoms with Crippen LogP contribution in [-0.4, -0.2) is 25.1 Å². The van der Waals surface area contributed by atoms with Gasteiger partial charge in [0.05, 0.1) is 19.1 Å². The first-order valence-corrected chi connectivity index (χ1v) is 8.91. The van der Waals surface area contributed by atoms with Crippen molar-refractivity contribution in [2.24, 2.45) is 0 Å². The lowest BCUT2D eigenvalue weighted by Crippen LogP contribution is -2.13. The number of thiazole rings is 1. The highest BCUT2D eigenvalue weighted by atomic mass is 32.1. The summed E-state index contributed by atoms with van der Waals surface area (Å²) in [6.45, 7) is 1.90. The third-order valence-electron chi connectivity index (χ3n) is 3.45. The van der Waals surface area contributed by atoms with E-state index in [1.54, 1.807) is 37.0 Å². The van der Waals surface area contributed by atoms with E-state index in [2.05, 4.69) is 10.3 Å². The van der Waals surface area contributed by atoms with Crippen LogP contribution in [0.5, 0.6) is 11.5 Å². The summed E-state index contributed by atoms with van der Waals surface area (Å²) < 4.78 is 10.5. The second-order valence-electron chi connectivity index (χ2n) is 4.99. The molecule has 3 aromatic rings. The van der Waals surface area contributed by atoms with E-state index in [0.29, 0.717) is 22.9 Å². The number of aromatic nitrogens is 1. The van der Waals surface area contributed by atoms with Crippen LogP contribution >= 0.6 is 22.7 Å². The molecule has 0 aliphatic carbocycles. The molecule has 0 atom stereocenters. The zero-order valence-electron chi connectivity index (χ0n) is 13.5. The van der Waals surface area contributed by atoms with Gasteiger partial charge in [0.25, 0.3) is 5.91 Å². The fourth-order valence-electron chi connectivity index (χ4n) is 2.19. The van der Waals surface area contributed by atoms with Gasteiger partial charge in [-0.15, -0.1) is 22.7 Å².